The van der Waals surface area contributed by atoms with Crippen LogP contribution < -0.4 is 44.2 Å². The van der Waals surface area contributed by atoms with E-state index in [1.165, 1.54) is 18.7 Å². The van der Waals surface area contributed by atoms with Gasteiger partial charge >= 0.3 is 11.9 Å². The second kappa shape index (κ2) is 21.5. The third kappa shape index (κ3) is 14.5. The Bertz CT molecular complexity index is 1230. The lowest BCUT2D eigenvalue weighted by molar-refractivity contribution is -0.145. The molecule has 0 aliphatic carbocycles. The van der Waals surface area contributed by atoms with Crippen LogP contribution in [-0.4, -0.2) is 130 Å². The number of aliphatic hydroxyl groups excluding tert-OH is 1. The minimum absolute atomic E-state index is 0.0611. The zero-order valence-corrected chi connectivity index (χ0v) is 28.8. The van der Waals surface area contributed by atoms with Crippen LogP contribution in [0.4, 0.5) is 0 Å². The van der Waals surface area contributed by atoms with Gasteiger partial charge in [-0.2, -0.15) is 0 Å². The van der Waals surface area contributed by atoms with Crippen LogP contribution >= 0.6 is 0 Å². The Morgan fingerprint density at radius 1 is 0.840 bits per heavy atom. The van der Waals surface area contributed by atoms with Crippen molar-refractivity contribution in [2.75, 3.05) is 19.6 Å². The molecular formula is C30H54N10O10. The number of nitrogens with zero attached hydrogens (tertiary/aromatic N) is 2. The normalized spacial score (nSPS) is 17.7. The molecule has 0 bridgehead atoms. The zero-order valence-electron chi connectivity index (χ0n) is 28.8. The van der Waals surface area contributed by atoms with Crippen LogP contribution in [0.15, 0.2) is 4.99 Å². The summed E-state index contributed by atoms with van der Waals surface area (Å²) in [5, 5.41) is 38.4. The fourth-order valence-corrected chi connectivity index (χ4v) is 5.26. The SMILES string of the molecule is CC(C)C(NC(=O)C(NC(=O)C(CC(=O)O)NC(=O)C(CCCN=C(N)N)NC(=O)C1CCCN1C(=O)C(N)CCCCN)C(C)O)C(=O)O. The Morgan fingerprint density at radius 3 is 2.00 bits per heavy atom. The number of unbranched alkanes of at least 4 members (excludes halogenated alkanes) is 1. The standard InChI is InChI=1S/C30H54N10O10/c1-15(2)22(29(49)50)38-27(47)23(16(3)41)39-25(45)19(14-21(42)43)37-24(44)18(9-6-12-35-30(33)34)36-26(46)20-10-7-13-40(20)28(48)17(32)8-4-5-11-31/h15-20,22-23,41H,4-14,31-32H2,1-3H3,(H,36,46)(H,37,44)(H,38,47)(H,39,45)(H,42,43)(H,49,50)(H4,33,34,35). The predicted octanol–water partition coefficient (Wildman–Crippen LogP) is -3.98. The maximum absolute atomic E-state index is 13.5. The monoisotopic (exact) mass is 714 g/mol. The number of nitrogens with one attached hydrogen (secondary N) is 4. The van der Waals surface area contributed by atoms with E-state index in [0.717, 1.165) is 6.92 Å². The van der Waals surface area contributed by atoms with Crippen molar-refractivity contribution in [3.05, 3.63) is 0 Å². The molecule has 5 amide bonds. The molecule has 1 rings (SSSR count). The molecule has 1 aliphatic rings. The molecule has 0 aromatic carbocycles. The average Bonchev–Trinajstić information content (AvgIpc) is 3.52. The van der Waals surface area contributed by atoms with E-state index in [4.69, 9.17) is 22.9 Å². The zero-order chi connectivity index (χ0) is 38.1. The number of nitrogens with two attached hydrogens (primary N) is 4. The minimum Gasteiger partial charge on any atom is -0.481 e. The maximum Gasteiger partial charge on any atom is 0.326 e. The fourth-order valence-electron chi connectivity index (χ4n) is 5.26. The smallest absolute Gasteiger partial charge is 0.326 e. The number of likely N-dealkylation sites (tertiary alicyclic amines) is 1. The van der Waals surface area contributed by atoms with Gasteiger partial charge in [0.15, 0.2) is 5.96 Å². The van der Waals surface area contributed by atoms with E-state index in [0.29, 0.717) is 38.6 Å². The molecule has 0 aromatic rings. The summed E-state index contributed by atoms with van der Waals surface area (Å²) in [6.07, 6.45) is 0.0482. The van der Waals surface area contributed by atoms with Gasteiger partial charge in [0.2, 0.25) is 29.5 Å². The van der Waals surface area contributed by atoms with Gasteiger partial charge in [-0.05, 0) is 57.9 Å². The number of hydrogen-bond acceptors (Lipinski definition) is 11. The number of carboxylic acids is 2. The lowest BCUT2D eigenvalue weighted by Crippen LogP contribution is -2.61. The molecule has 1 heterocycles. The second-order valence-corrected chi connectivity index (χ2v) is 12.5. The number of carbonyl (C=O) groups is 7. The van der Waals surface area contributed by atoms with Crippen molar-refractivity contribution in [2.24, 2.45) is 33.8 Å². The van der Waals surface area contributed by atoms with Gasteiger partial charge in [-0.3, -0.25) is 33.8 Å². The highest BCUT2D eigenvalue weighted by Crippen LogP contribution is 2.20. The molecule has 20 nitrogen and oxygen atoms in total. The van der Waals surface area contributed by atoms with Crippen LogP contribution in [0.3, 0.4) is 0 Å². The number of aliphatic imine (C=N–C) groups is 1. The molecule has 7 atom stereocenters. The predicted molar refractivity (Wildman–Crippen MR) is 180 cm³/mol. The fraction of sp³-hybridized carbons (Fsp3) is 0.733. The summed E-state index contributed by atoms with van der Waals surface area (Å²) in [5.74, 6) is -7.95. The summed E-state index contributed by atoms with van der Waals surface area (Å²) in [6, 6.07) is -8.04. The highest BCUT2D eigenvalue weighted by molar-refractivity contribution is 5.97. The third-order valence-electron chi connectivity index (χ3n) is 8.01. The minimum atomic E-state index is -1.80. The van der Waals surface area contributed by atoms with Gasteiger partial charge in [0.1, 0.15) is 30.2 Å². The van der Waals surface area contributed by atoms with Crippen molar-refractivity contribution >= 4 is 47.4 Å². The number of guanidine groups is 1. The molecule has 0 spiro atoms. The first-order valence-corrected chi connectivity index (χ1v) is 16.6. The average molecular weight is 715 g/mol. The Hall–Kier alpha value is -4.56. The Kier molecular flexibility index (Phi) is 18.7. The number of carbonyl (C=O) groups excluding carboxylic acids is 5. The topological polar surface area (TPSA) is 348 Å². The highest BCUT2D eigenvalue weighted by atomic mass is 16.4. The van der Waals surface area contributed by atoms with Crippen molar-refractivity contribution in [1.29, 1.82) is 0 Å². The van der Waals surface area contributed by atoms with Gasteiger partial charge in [0, 0.05) is 13.1 Å². The van der Waals surface area contributed by atoms with E-state index in [2.05, 4.69) is 26.3 Å². The second-order valence-electron chi connectivity index (χ2n) is 12.5. The van der Waals surface area contributed by atoms with Crippen LogP contribution in [0.5, 0.6) is 0 Å². The lowest BCUT2D eigenvalue weighted by atomic mass is 10.0. The molecule has 1 saturated heterocycles. The van der Waals surface area contributed by atoms with Gasteiger partial charge in [-0.15, -0.1) is 0 Å². The van der Waals surface area contributed by atoms with Gasteiger partial charge < -0.3 is 64.4 Å². The van der Waals surface area contributed by atoms with Crippen molar-refractivity contribution < 1.29 is 48.9 Å². The van der Waals surface area contributed by atoms with E-state index in [-0.39, 0.29) is 31.9 Å². The number of rotatable bonds is 22. The number of aliphatic hydroxyl groups is 1. The molecule has 1 fully saturated rings. The first-order valence-electron chi connectivity index (χ1n) is 16.6. The summed E-state index contributed by atoms with van der Waals surface area (Å²) in [4.78, 5) is 94.7. The largest absolute Gasteiger partial charge is 0.481 e. The lowest BCUT2D eigenvalue weighted by Gasteiger charge is -2.29. The molecule has 1 aliphatic heterocycles. The number of aliphatic carboxylic acids is 2. The van der Waals surface area contributed by atoms with Crippen LogP contribution in [0.25, 0.3) is 0 Å². The van der Waals surface area contributed by atoms with E-state index >= 15 is 0 Å². The molecule has 284 valence electrons. The quantitative estimate of drug-likeness (QED) is 0.0289. The summed E-state index contributed by atoms with van der Waals surface area (Å²) >= 11 is 0. The number of hydrogen-bond donors (Lipinski definition) is 11. The number of carboxylic acid groups (broad SMARTS) is 2. The molecule has 15 N–H and O–H groups in total. The number of amides is 5. The van der Waals surface area contributed by atoms with Crippen LogP contribution in [0, 0.1) is 5.92 Å². The summed E-state index contributed by atoms with van der Waals surface area (Å²) in [6.45, 7) is 4.98. The highest BCUT2D eigenvalue weighted by Gasteiger charge is 2.39. The first-order chi connectivity index (χ1) is 23.4. The van der Waals surface area contributed by atoms with Gasteiger partial charge in [0.05, 0.1) is 18.6 Å². The van der Waals surface area contributed by atoms with Crippen molar-refractivity contribution in [1.82, 2.24) is 26.2 Å². The molecule has 50 heavy (non-hydrogen) atoms. The summed E-state index contributed by atoms with van der Waals surface area (Å²) in [5.41, 5.74) is 22.3. The molecular weight excluding hydrogens is 660 g/mol. The van der Waals surface area contributed by atoms with E-state index < -0.39 is 96.2 Å². The van der Waals surface area contributed by atoms with Crippen LogP contribution in [-0.2, 0) is 33.6 Å². The third-order valence-corrected chi connectivity index (χ3v) is 8.01. The van der Waals surface area contributed by atoms with E-state index in [1.807, 2.05) is 0 Å². The Morgan fingerprint density at radius 2 is 1.46 bits per heavy atom. The van der Waals surface area contributed by atoms with E-state index in [1.54, 1.807) is 0 Å². The molecule has 0 saturated carbocycles. The Labute approximate surface area is 290 Å². The Balaban J connectivity index is 3.21. The first kappa shape index (κ1) is 43.5. The van der Waals surface area contributed by atoms with Gasteiger partial charge in [0.25, 0.3) is 0 Å². The van der Waals surface area contributed by atoms with E-state index in [9.17, 15) is 48.9 Å². The van der Waals surface area contributed by atoms with Gasteiger partial charge in [-0.1, -0.05) is 20.3 Å². The van der Waals surface area contributed by atoms with Crippen molar-refractivity contribution in [2.45, 2.75) is 114 Å². The maximum atomic E-state index is 13.5. The van der Waals surface area contributed by atoms with Crippen LogP contribution in [0.2, 0.25) is 0 Å². The molecule has 0 radical (unpaired) electrons. The van der Waals surface area contributed by atoms with Gasteiger partial charge in [-0.25, -0.2) is 4.79 Å². The molecule has 0 aromatic heterocycles. The summed E-state index contributed by atoms with van der Waals surface area (Å²) in [7, 11) is 0. The van der Waals surface area contributed by atoms with Crippen molar-refractivity contribution in [3.63, 3.8) is 0 Å². The summed E-state index contributed by atoms with van der Waals surface area (Å²) < 4.78 is 0. The molecule has 7 unspecified atom stereocenters. The molecule has 20 heteroatoms. The van der Waals surface area contributed by atoms with Crippen molar-refractivity contribution in [3.8, 4) is 0 Å². The van der Waals surface area contributed by atoms with Crippen LogP contribution in [0.1, 0.15) is 72.1 Å².